The third kappa shape index (κ3) is 6.22. The lowest BCUT2D eigenvalue weighted by Gasteiger charge is -2.22. The molecule has 2 heterocycles. The molecule has 7 nitrogen and oxygen atoms in total. The van der Waals surface area contributed by atoms with Crippen molar-refractivity contribution in [2.75, 3.05) is 26.1 Å². The highest BCUT2D eigenvalue weighted by Crippen LogP contribution is 2.29. The predicted octanol–water partition coefficient (Wildman–Crippen LogP) is 3.41. The summed E-state index contributed by atoms with van der Waals surface area (Å²) in [6.07, 6.45) is 5.38. The number of pyridine rings is 2. The van der Waals surface area contributed by atoms with Gasteiger partial charge < -0.3 is 20.5 Å². The van der Waals surface area contributed by atoms with Gasteiger partial charge in [-0.3, -0.25) is 14.9 Å². The molecule has 0 aliphatic carbocycles. The Morgan fingerprint density at radius 3 is 2.17 bits per heavy atom. The van der Waals surface area contributed by atoms with Gasteiger partial charge in [0.05, 0.1) is 31.3 Å². The summed E-state index contributed by atoms with van der Waals surface area (Å²) < 4.78 is 10.7. The molecule has 0 aliphatic rings. The summed E-state index contributed by atoms with van der Waals surface area (Å²) in [5.41, 5.74) is 9.77. The molecule has 1 aromatic carbocycles. The lowest BCUT2D eigenvalue weighted by molar-refractivity contribution is 0.272. The number of nitrogens with two attached hydrogens (primary N) is 1. The monoisotopic (exact) mass is 405 g/mol. The molecule has 2 aromatic heterocycles. The highest BCUT2D eigenvalue weighted by Gasteiger charge is 2.10. The van der Waals surface area contributed by atoms with Gasteiger partial charge >= 0.3 is 0 Å². The first-order chi connectivity index (χ1) is 14.7. The Hall–Kier alpha value is -3.58. The van der Waals surface area contributed by atoms with E-state index >= 15 is 0 Å². The minimum absolute atomic E-state index is 0.554. The molecule has 0 spiro atoms. The summed E-state index contributed by atoms with van der Waals surface area (Å²) in [6, 6.07) is 17.4. The van der Waals surface area contributed by atoms with Crippen LogP contribution in [0.25, 0.3) is 0 Å². The van der Waals surface area contributed by atoms with Crippen LogP contribution in [0.5, 0.6) is 11.5 Å². The molecule has 3 N–H and O–H groups in total. The maximum absolute atomic E-state index is 6.33. The third-order valence-corrected chi connectivity index (χ3v) is 4.45. The van der Waals surface area contributed by atoms with Gasteiger partial charge in [-0.05, 0) is 36.4 Å². The van der Waals surface area contributed by atoms with Crippen molar-refractivity contribution >= 4 is 5.69 Å². The highest BCUT2D eigenvalue weighted by atomic mass is 16.5. The van der Waals surface area contributed by atoms with Crippen molar-refractivity contribution in [2.45, 2.75) is 13.1 Å². The number of nitrogens with zero attached hydrogens (tertiary/aromatic N) is 3. The average Bonchev–Trinajstić information content (AvgIpc) is 2.79. The number of nitrogens with one attached hydrogen (secondary N) is 1. The molecule has 0 bridgehead atoms. The van der Waals surface area contributed by atoms with Gasteiger partial charge in [0, 0.05) is 50.0 Å². The van der Waals surface area contributed by atoms with Gasteiger partial charge in [-0.25, -0.2) is 0 Å². The molecule has 0 unspecified atom stereocenters. The topological polar surface area (TPSA) is 85.5 Å². The number of methoxy groups -OCH3 is 2. The maximum atomic E-state index is 6.33. The molecule has 0 saturated carbocycles. The number of hydrogen-bond donors (Lipinski definition) is 2. The molecule has 0 atom stereocenters. The van der Waals surface area contributed by atoms with Gasteiger partial charge in [-0.1, -0.05) is 12.1 Å². The molecule has 3 aromatic rings. The zero-order valence-electron chi connectivity index (χ0n) is 17.3. The molecular formula is C23H27N5O2. The minimum atomic E-state index is 0.554. The van der Waals surface area contributed by atoms with E-state index in [1.165, 1.54) is 0 Å². The van der Waals surface area contributed by atoms with E-state index in [0.29, 0.717) is 31.1 Å². The van der Waals surface area contributed by atoms with E-state index in [2.05, 4.69) is 20.2 Å². The van der Waals surface area contributed by atoms with Gasteiger partial charge in [-0.15, -0.1) is 0 Å². The van der Waals surface area contributed by atoms with Gasteiger partial charge in [0.15, 0.2) is 0 Å². The number of benzene rings is 1. The summed E-state index contributed by atoms with van der Waals surface area (Å²) in [5.74, 6) is 1.41. The zero-order valence-corrected chi connectivity index (χ0v) is 17.3. The first kappa shape index (κ1) is 21.1. The van der Waals surface area contributed by atoms with Crippen LogP contribution in [0.15, 0.2) is 78.9 Å². The second-order valence-electron chi connectivity index (χ2n) is 6.72. The average molecular weight is 406 g/mol. The summed E-state index contributed by atoms with van der Waals surface area (Å²) >= 11 is 0. The van der Waals surface area contributed by atoms with Crippen molar-refractivity contribution in [1.82, 2.24) is 14.9 Å². The van der Waals surface area contributed by atoms with Gasteiger partial charge in [-0.2, -0.15) is 0 Å². The second kappa shape index (κ2) is 10.8. The van der Waals surface area contributed by atoms with Gasteiger partial charge in [0.2, 0.25) is 0 Å². The van der Waals surface area contributed by atoms with Gasteiger partial charge in [0.25, 0.3) is 0 Å². The van der Waals surface area contributed by atoms with Crippen molar-refractivity contribution < 1.29 is 9.47 Å². The molecule has 156 valence electrons. The van der Waals surface area contributed by atoms with Crippen LogP contribution in [0.3, 0.4) is 0 Å². The molecule has 30 heavy (non-hydrogen) atoms. The van der Waals surface area contributed by atoms with Crippen LogP contribution in [0.1, 0.15) is 11.4 Å². The van der Waals surface area contributed by atoms with Crippen LogP contribution in [0.4, 0.5) is 5.69 Å². The predicted molar refractivity (Wildman–Crippen MR) is 118 cm³/mol. The molecule has 0 amide bonds. The fourth-order valence-corrected chi connectivity index (χ4v) is 3.00. The van der Waals surface area contributed by atoms with E-state index in [-0.39, 0.29) is 0 Å². The minimum Gasteiger partial charge on any atom is -0.497 e. The lowest BCUT2D eigenvalue weighted by Crippen LogP contribution is -2.28. The Kier molecular flexibility index (Phi) is 7.63. The highest BCUT2D eigenvalue weighted by molar-refractivity contribution is 5.60. The van der Waals surface area contributed by atoms with E-state index in [0.717, 1.165) is 22.8 Å². The van der Waals surface area contributed by atoms with Crippen molar-refractivity contribution in [3.8, 4) is 11.5 Å². The number of anilines is 1. The maximum Gasteiger partial charge on any atom is 0.145 e. The third-order valence-electron chi connectivity index (χ3n) is 4.45. The van der Waals surface area contributed by atoms with Crippen LogP contribution in [0, 0.1) is 0 Å². The Balaban J connectivity index is 1.71. The van der Waals surface area contributed by atoms with Crippen molar-refractivity contribution in [3.05, 3.63) is 90.3 Å². The normalized spacial score (nSPS) is 11.4. The van der Waals surface area contributed by atoms with E-state index in [4.69, 9.17) is 15.2 Å². The first-order valence-corrected chi connectivity index (χ1v) is 9.63. The second-order valence-corrected chi connectivity index (χ2v) is 6.72. The number of rotatable bonds is 10. The van der Waals surface area contributed by atoms with Crippen LogP contribution >= 0.6 is 0 Å². The molecule has 0 saturated heterocycles. The Labute approximate surface area is 177 Å². The van der Waals surface area contributed by atoms with Crippen LogP contribution in [-0.4, -0.2) is 35.6 Å². The first-order valence-electron chi connectivity index (χ1n) is 9.63. The molecule has 0 radical (unpaired) electrons. The van der Waals surface area contributed by atoms with Crippen LogP contribution < -0.4 is 20.5 Å². The van der Waals surface area contributed by atoms with Gasteiger partial charge in [0.1, 0.15) is 11.5 Å². The fraction of sp³-hybridized carbons (Fsp3) is 0.217. The van der Waals surface area contributed by atoms with E-state index < -0.39 is 0 Å². The molecule has 7 heteroatoms. The smallest absolute Gasteiger partial charge is 0.145 e. The van der Waals surface area contributed by atoms with E-state index in [1.54, 1.807) is 32.8 Å². The Morgan fingerprint density at radius 1 is 0.967 bits per heavy atom. The molecule has 3 rings (SSSR count). The molecule has 0 aliphatic heterocycles. The number of aromatic nitrogens is 2. The van der Waals surface area contributed by atoms with E-state index in [1.807, 2.05) is 54.6 Å². The van der Waals surface area contributed by atoms with Crippen molar-refractivity contribution in [3.63, 3.8) is 0 Å². The SMILES string of the molecule is COc1ccc(N/C=C(\N)CN(Cc2ccccn2)Cc2ccccn2)c(OC)c1. The summed E-state index contributed by atoms with van der Waals surface area (Å²) in [6.45, 7) is 1.88. The number of hydrogen-bond acceptors (Lipinski definition) is 7. The van der Waals surface area contributed by atoms with Crippen molar-refractivity contribution in [2.24, 2.45) is 5.73 Å². The molecular weight excluding hydrogens is 378 g/mol. The van der Waals surface area contributed by atoms with E-state index in [9.17, 15) is 0 Å². The quantitative estimate of drug-likeness (QED) is 0.535. The number of ether oxygens (including phenoxy) is 2. The standard InChI is InChI=1S/C23H27N5O2/c1-29-21-9-10-22(23(13-21)30-2)27-14-18(24)15-28(16-19-7-3-5-11-25-19)17-20-8-4-6-12-26-20/h3-14,27H,15-17,24H2,1-2H3/b18-14-. The van der Waals surface area contributed by atoms with Crippen LogP contribution in [0.2, 0.25) is 0 Å². The summed E-state index contributed by atoms with van der Waals surface area (Å²) in [4.78, 5) is 11.1. The Bertz CT molecular complexity index is 907. The van der Waals surface area contributed by atoms with Crippen LogP contribution in [-0.2, 0) is 13.1 Å². The zero-order chi connectivity index (χ0) is 21.2. The van der Waals surface area contributed by atoms with Crippen molar-refractivity contribution in [1.29, 1.82) is 0 Å². The summed E-state index contributed by atoms with van der Waals surface area (Å²) in [5, 5.41) is 3.22. The Morgan fingerprint density at radius 2 is 1.63 bits per heavy atom. The fourth-order valence-electron chi connectivity index (χ4n) is 3.00. The lowest BCUT2D eigenvalue weighted by atomic mass is 10.2. The largest absolute Gasteiger partial charge is 0.497 e. The molecule has 0 fully saturated rings. The summed E-state index contributed by atoms with van der Waals surface area (Å²) in [7, 11) is 3.24.